The highest BCUT2D eigenvalue weighted by Crippen LogP contribution is 2.32. The Morgan fingerprint density at radius 1 is 1.26 bits per heavy atom. The molecule has 1 aromatic carbocycles. The number of ketones is 3. The van der Waals surface area contributed by atoms with Crippen LogP contribution in [-0.2, 0) is 26.0 Å². The smallest absolute Gasteiger partial charge is 0.182 e. The molecule has 0 saturated heterocycles. The van der Waals surface area contributed by atoms with Crippen LogP contribution in [0.1, 0.15) is 35.2 Å². The molecule has 0 bridgehead atoms. The number of hydrogen-bond acceptors (Lipinski definition) is 8. The maximum absolute atomic E-state index is 12.8. The first kappa shape index (κ1) is 19.3. The average Bonchev–Trinajstić information content (AvgIpc) is 3.08. The van der Waals surface area contributed by atoms with Gasteiger partial charge in [0.05, 0.1) is 16.5 Å². The molecule has 0 aliphatic heterocycles. The fourth-order valence-electron chi connectivity index (χ4n) is 3.04. The van der Waals surface area contributed by atoms with Gasteiger partial charge < -0.3 is 0 Å². The van der Waals surface area contributed by atoms with Crippen LogP contribution in [0.15, 0.2) is 23.4 Å². The zero-order chi connectivity index (χ0) is 19.8. The Bertz CT molecular complexity index is 1020. The molecule has 11 heteroatoms. The minimum atomic E-state index is -3.67. The van der Waals surface area contributed by atoms with Gasteiger partial charge in [-0.15, -0.1) is 10.2 Å². The van der Waals surface area contributed by atoms with E-state index in [1.807, 2.05) is 0 Å². The SMILES string of the molecule is CS(=O)(=O)c1ccc(C(=O)C2C(=O)CCCC2=O)c(Cl)c1Cn1ncnn1. The van der Waals surface area contributed by atoms with Crippen molar-refractivity contribution in [1.29, 1.82) is 0 Å². The molecule has 9 nitrogen and oxygen atoms in total. The lowest BCUT2D eigenvalue weighted by Crippen LogP contribution is -2.35. The lowest BCUT2D eigenvalue weighted by atomic mass is 9.81. The van der Waals surface area contributed by atoms with E-state index >= 15 is 0 Å². The van der Waals surface area contributed by atoms with Crippen LogP contribution in [0, 0.1) is 5.92 Å². The van der Waals surface area contributed by atoms with Gasteiger partial charge in [0.15, 0.2) is 33.5 Å². The number of rotatable bonds is 5. The number of sulfone groups is 1. The van der Waals surface area contributed by atoms with Gasteiger partial charge in [-0.1, -0.05) is 11.6 Å². The summed E-state index contributed by atoms with van der Waals surface area (Å²) in [6.45, 7) is -0.144. The molecule has 1 fully saturated rings. The van der Waals surface area contributed by atoms with Gasteiger partial charge in [-0.05, 0) is 23.8 Å². The molecule has 0 unspecified atom stereocenters. The van der Waals surface area contributed by atoms with E-state index in [2.05, 4.69) is 15.4 Å². The molecule has 0 radical (unpaired) electrons. The first-order valence-corrected chi connectivity index (χ1v) is 10.3. The normalized spacial score (nSPS) is 15.9. The Morgan fingerprint density at radius 3 is 2.48 bits per heavy atom. The summed E-state index contributed by atoms with van der Waals surface area (Å²) in [7, 11) is -3.67. The van der Waals surface area contributed by atoms with Crippen LogP contribution in [0.4, 0.5) is 0 Å². The van der Waals surface area contributed by atoms with Crippen molar-refractivity contribution in [2.24, 2.45) is 5.92 Å². The molecule has 27 heavy (non-hydrogen) atoms. The Kier molecular flexibility index (Phi) is 5.20. The zero-order valence-electron chi connectivity index (χ0n) is 14.3. The van der Waals surface area contributed by atoms with Crippen molar-refractivity contribution in [3.05, 3.63) is 34.6 Å². The topological polar surface area (TPSA) is 129 Å². The summed E-state index contributed by atoms with van der Waals surface area (Å²) in [5, 5.41) is 10.9. The highest BCUT2D eigenvalue weighted by Gasteiger charge is 2.38. The Labute approximate surface area is 159 Å². The number of benzene rings is 1. The highest BCUT2D eigenvalue weighted by molar-refractivity contribution is 7.90. The number of nitrogens with zero attached hydrogens (tertiary/aromatic N) is 4. The van der Waals surface area contributed by atoms with Gasteiger partial charge in [-0.25, -0.2) is 8.42 Å². The maximum Gasteiger partial charge on any atom is 0.182 e. The minimum absolute atomic E-state index is 0.0761. The summed E-state index contributed by atoms with van der Waals surface area (Å²) in [4.78, 5) is 38.0. The van der Waals surface area contributed by atoms with Crippen molar-refractivity contribution in [1.82, 2.24) is 20.2 Å². The molecule has 3 rings (SSSR count). The molecule has 142 valence electrons. The van der Waals surface area contributed by atoms with Crippen LogP contribution in [0.3, 0.4) is 0 Å². The predicted octanol–water partition coefficient (Wildman–Crippen LogP) is 0.899. The molecule has 0 spiro atoms. The fourth-order valence-corrected chi connectivity index (χ4v) is 4.35. The van der Waals surface area contributed by atoms with E-state index in [9.17, 15) is 22.8 Å². The van der Waals surface area contributed by atoms with Gasteiger partial charge in [-0.3, -0.25) is 14.4 Å². The van der Waals surface area contributed by atoms with Crippen molar-refractivity contribution in [2.45, 2.75) is 30.7 Å². The molecule has 0 amide bonds. The molecule has 1 aliphatic rings. The van der Waals surface area contributed by atoms with Crippen molar-refractivity contribution >= 4 is 38.8 Å². The number of Topliss-reactive ketones (excluding diaryl/α,β-unsaturated/α-hetero) is 3. The van der Waals surface area contributed by atoms with Crippen LogP contribution >= 0.6 is 11.6 Å². The van der Waals surface area contributed by atoms with E-state index in [-0.39, 0.29) is 40.4 Å². The van der Waals surface area contributed by atoms with E-state index in [0.717, 1.165) is 11.1 Å². The third-order valence-electron chi connectivity index (χ3n) is 4.31. The van der Waals surface area contributed by atoms with E-state index in [4.69, 9.17) is 11.6 Å². The van der Waals surface area contributed by atoms with E-state index in [1.165, 1.54) is 18.5 Å². The summed E-state index contributed by atoms with van der Waals surface area (Å²) < 4.78 is 24.2. The van der Waals surface area contributed by atoms with E-state index in [1.54, 1.807) is 0 Å². The largest absolute Gasteiger partial charge is 0.298 e. The van der Waals surface area contributed by atoms with Crippen LogP contribution in [0.2, 0.25) is 5.02 Å². The summed E-state index contributed by atoms with van der Waals surface area (Å²) in [5.41, 5.74) is 0.0199. The van der Waals surface area contributed by atoms with Gasteiger partial charge in [-0.2, -0.15) is 4.80 Å². The van der Waals surface area contributed by atoms with Gasteiger partial charge in [0.2, 0.25) is 0 Å². The third kappa shape index (κ3) is 3.81. The highest BCUT2D eigenvalue weighted by atomic mass is 35.5. The van der Waals surface area contributed by atoms with Gasteiger partial charge in [0.1, 0.15) is 5.92 Å². The number of carbonyl (C=O) groups is 3. The summed E-state index contributed by atoms with van der Waals surface area (Å²) in [6, 6.07) is 2.47. The van der Waals surface area contributed by atoms with Crippen LogP contribution in [0.25, 0.3) is 0 Å². The van der Waals surface area contributed by atoms with Crippen molar-refractivity contribution in [3.8, 4) is 0 Å². The number of aromatic nitrogens is 4. The second kappa shape index (κ2) is 7.28. The Hall–Kier alpha value is -2.46. The molecule has 2 aromatic rings. The zero-order valence-corrected chi connectivity index (χ0v) is 15.8. The maximum atomic E-state index is 12.8. The average molecular weight is 411 g/mol. The number of carbonyl (C=O) groups excluding carboxylic acids is 3. The van der Waals surface area contributed by atoms with Crippen molar-refractivity contribution in [3.63, 3.8) is 0 Å². The predicted molar refractivity (Wildman–Crippen MR) is 93.2 cm³/mol. The lowest BCUT2D eigenvalue weighted by Gasteiger charge is -2.20. The minimum Gasteiger partial charge on any atom is -0.298 e. The second-order valence-electron chi connectivity index (χ2n) is 6.23. The third-order valence-corrected chi connectivity index (χ3v) is 5.92. The molecule has 1 saturated carbocycles. The van der Waals surface area contributed by atoms with Crippen LogP contribution in [-0.4, -0.2) is 52.2 Å². The van der Waals surface area contributed by atoms with Crippen molar-refractivity contribution < 1.29 is 22.8 Å². The Balaban J connectivity index is 2.10. The quantitative estimate of drug-likeness (QED) is 0.525. The van der Waals surface area contributed by atoms with Crippen LogP contribution < -0.4 is 0 Å². The fraction of sp³-hybridized carbons (Fsp3) is 0.375. The van der Waals surface area contributed by atoms with Crippen molar-refractivity contribution in [2.75, 3.05) is 6.26 Å². The lowest BCUT2D eigenvalue weighted by molar-refractivity contribution is -0.133. The first-order chi connectivity index (χ1) is 12.7. The number of halogens is 1. The molecule has 0 atom stereocenters. The van der Waals surface area contributed by atoms with Crippen LogP contribution in [0.5, 0.6) is 0 Å². The summed E-state index contributed by atoms with van der Waals surface area (Å²) in [6.07, 6.45) is 2.90. The molecule has 1 aliphatic carbocycles. The first-order valence-electron chi connectivity index (χ1n) is 8.02. The van der Waals surface area contributed by atoms with Gasteiger partial charge in [0, 0.05) is 30.2 Å². The summed E-state index contributed by atoms with van der Waals surface area (Å²) in [5.74, 6) is -3.00. The molecular formula is C16H15ClN4O5S. The molecule has 0 N–H and O–H groups in total. The molecular weight excluding hydrogens is 396 g/mol. The summed E-state index contributed by atoms with van der Waals surface area (Å²) >= 11 is 6.35. The van der Waals surface area contributed by atoms with Gasteiger partial charge >= 0.3 is 0 Å². The molecule has 1 heterocycles. The standard InChI is InChI=1S/C16H15ClN4O5S/c1-27(25,26)13-6-5-9(15(17)10(13)7-21-19-8-18-20-21)16(24)14-11(22)3-2-4-12(14)23/h5-6,8,14H,2-4,7H2,1H3. The monoisotopic (exact) mass is 410 g/mol. The number of tetrazole rings is 1. The van der Waals surface area contributed by atoms with Gasteiger partial charge in [0.25, 0.3) is 0 Å². The van der Waals surface area contributed by atoms with E-state index in [0.29, 0.717) is 6.42 Å². The molecule has 1 aromatic heterocycles. The Morgan fingerprint density at radius 2 is 1.93 bits per heavy atom. The second-order valence-corrected chi connectivity index (χ2v) is 8.59. The number of hydrogen-bond donors (Lipinski definition) is 0. The van der Waals surface area contributed by atoms with E-state index < -0.39 is 33.1 Å².